The van der Waals surface area contributed by atoms with Crippen molar-refractivity contribution in [2.75, 3.05) is 26.0 Å². The SMILES string of the molecule is COCCN(Cc1cc(C)ccc1N)C(C)C. The topological polar surface area (TPSA) is 38.5 Å². The van der Waals surface area contributed by atoms with Crippen LogP contribution in [-0.4, -0.2) is 31.2 Å². The van der Waals surface area contributed by atoms with Crippen molar-refractivity contribution in [2.24, 2.45) is 0 Å². The molecule has 0 atom stereocenters. The molecule has 3 heteroatoms. The summed E-state index contributed by atoms with van der Waals surface area (Å²) in [5.74, 6) is 0. The summed E-state index contributed by atoms with van der Waals surface area (Å²) < 4.78 is 5.14. The second kappa shape index (κ2) is 6.62. The number of rotatable bonds is 6. The smallest absolute Gasteiger partial charge is 0.0589 e. The van der Waals surface area contributed by atoms with E-state index in [9.17, 15) is 0 Å². The van der Waals surface area contributed by atoms with E-state index in [1.165, 1.54) is 11.1 Å². The van der Waals surface area contributed by atoms with Crippen LogP contribution in [0.3, 0.4) is 0 Å². The van der Waals surface area contributed by atoms with Gasteiger partial charge in [-0.1, -0.05) is 17.7 Å². The van der Waals surface area contributed by atoms with Crippen LogP contribution in [0.25, 0.3) is 0 Å². The maximum atomic E-state index is 6.01. The maximum Gasteiger partial charge on any atom is 0.0589 e. The first-order valence-corrected chi connectivity index (χ1v) is 6.12. The van der Waals surface area contributed by atoms with Crippen molar-refractivity contribution in [2.45, 2.75) is 33.4 Å². The summed E-state index contributed by atoms with van der Waals surface area (Å²) in [4.78, 5) is 2.37. The predicted molar refractivity (Wildman–Crippen MR) is 73.0 cm³/mol. The van der Waals surface area contributed by atoms with Crippen LogP contribution in [0, 0.1) is 6.92 Å². The van der Waals surface area contributed by atoms with Gasteiger partial charge in [-0.15, -0.1) is 0 Å². The third kappa shape index (κ3) is 4.36. The van der Waals surface area contributed by atoms with E-state index in [-0.39, 0.29) is 0 Å². The van der Waals surface area contributed by atoms with Crippen LogP contribution in [-0.2, 0) is 11.3 Å². The standard InChI is InChI=1S/C14H24N2O/c1-11(2)16(7-8-17-4)10-13-9-12(3)5-6-14(13)15/h5-6,9,11H,7-8,10,15H2,1-4H3. The Labute approximate surface area is 105 Å². The zero-order valence-corrected chi connectivity index (χ0v) is 11.4. The molecule has 0 aliphatic heterocycles. The van der Waals surface area contributed by atoms with Gasteiger partial charge in [-0.2, -0.15) is 0 Å². The van der Waals surface area contributed by atoms with E-state index < -0.39 is 0 Å². The molecule has 0 aliphatic carbocycles. The van der Waals surface area contributed by atoms with Crippen LogP contribution >= 0.6 is 0 Å². The van der Waals surface area contributed by atoms with Gasteiger partial charge < -0.3 is 10.5 Å². The molecule has 0 fully saturated rings. The minimum absolute atomic E-state index is 0.491. The molecule has 0 amide bonds. The number of anilines is 1. The number of hydrogen-bond donors (Lipinski definition) is 1. The minimum Gasteiger partial charge on any atom is -0.398 e. The van der Waals surface area contributed by atoms with Crippen LogP contribution in [0.1, 0.15) is 25.0 Å². The molecule has 0 heterocycles. The first-order valence-electron chi connectivity index (χ1n) is 6.12. The Morgan fingerprint density at radius 1 is 1.35 bits per heavy atom. The van der Waals surface area contributed by atoms with Gasteiger partial charge in [0, 0.05) is 31.9 Å². The fraction of sp³-hybridized carbons (Fsp3) is 0.571. The Morgan fingerprint density at radius 2 is 2.06 bits per heavy atom. The lowest BCUT2D eigenvalue weighted by Gasteiger charge is -2.26. The second-order valence-electron chi connectivity index (χ2n) is 4.76. The van der Waals surface area contributed by atoms with E-state index in [0.29, 0.717) is 6.04 Å². The van der Waals surface area contributed by atoms with Gasteiger partial charge in [0.25, 0.3) is 0 Å². The number of hydrogen-bond acceptors (Lipinski definition) is 3. The Balaban J connectivity index is 2.74. The first kappa shape index (κ1) is 14.0. The lowest BCUT2D eigenvalue weighted by atomic mass is 10.1. The summed E-state index contributed by atoms with van der Waals surface area (Å²) in [7, 11) is 1.74. The zero-order valence-electron chi connectivity index (χ0n) is 11.4. The molecule has 2 N–H and O–H groups in total. The molecule has 0 radical (unpaired) electrons. The molecule has 3 nitrogen and oxygen atoms in total. The van der Waals surface area contributed by atoms with E-state index in [4.69, 9.17) is 10.5 Å². The fourth-order valence-corrected chi connectivity index (χ4v) is 1.82. The van der Waals surface area contributed by atoms with Crippen LogP contribution < -0.4 is 5.73 Å². The van der Waals surface area contributed by atoms with Gasteiger partial charge in [0.2, 0.25) is 0 Å². The molecule has 0 spiro atoms. The zero-order chi connectivity index (χ0) is 12.8. The molecule has 96 valence electrons. The highest BCUT2D eigenvalue weighted by atomic mass is 16.5. The molecule has 0 unspecified atom stereocenters. The van der Waals surface area contributed by atoms with Gasteiger partial charge >= 0.3 is 0 Å². The normalized spacial score (nSPS) is 11.4. The number of ether oxygens (including phenoxy) is 1. The highest BCUT2D eigenvalue weighted by Crippen LogP contribution is 2.17. The van der Waals surface area contributed by atoms with Crippen molar-refractivity contribution in [3.05, 3.63) is 29.3 Å². The lowest BCUT2D eigenvalue weighted by Crippen LogP contribution is -2.33. The Bertz CT molecular complexity index is 350. The van der Waals surface area contributed by atoms with Crippen LogP contribution in [0.5, 0.6) is 0 Å². The third-order valence-corrected chi connectivity index (χ3v) is 2.98. The van der Waals surface area contributed by atoms with E-state index in [1.54, 1.807) is 7.11 Å². The molecule has 0 saturated carbocycles. The number of nitrogens with two attached hydrogens (primary N) is 1. The molecule has 17 heavy (non-hydrogen) atoms. The summed E-state index contributed by atoms with van der Waals surface area (Å²) in [6.45, 7) is 9.06. The second-order valence-corrected chi connectivity index (χ2v) is 4.76. The lowest BCUT2D eigenvalue weighted by molar-refractivity contribution is 0.125. The number of nitrogens with zero attached hydrogens (tertiary/aromatic N) is 1. The Morgan fingerprint density at radius 3 is 2.65 bits per heavy atom. The van der Waals surface area contributed by atoms with Gasteiger partial charge in [0.15, 0.2) is 0 Å². The van der Waals surface area contributed by atoms with Gasteiger partial charge in [-0.3, -0.25) is 4.90 Å². The molecule has 0 aliphatic rings. The predicted octanol–water partition coefficient (Wildman–Crippen LogP) is 2.43. The van der Waals surface area contributed by atoms with Gasteiger partial charge in [-0.25, -0.2) is 0 Å². The summed E-state index contributed by atoms with van der Waals surface area (Å²) in [6, 6.07) is 6.69. The van der Waals surface area contributed by atoms with E-state index in [1.807, 2.05) is 12.1 Å². The molecule has 0 saturated heterocycles. The van der Waals surface area contributed by atoms with Crippen molar-refractivity contribution in [1.29, 1.82) is 0 Å². The van der Waals surface area contributed by atoms with Crippen molar-refractivity contribution in [3.8, 4) is 0 Å². The van der Waals surface area contributed by atoms with Crippen LogP contribution in [0.2, 0.25) is 0 Å². The van der Waals surface area contributed by atoms with Crippen molar-refractivity contribution in [3.63, 3.8) is 0 Å². The Hall–Kier alpha value is -1.06. The number of aryl methyl sites for hydroxylation is 1. The fourth-order valence-electron chi connectivity index (χ4n) is 1.82. The largest absolute Gasteiger partial charge is 0.398 e. The van der Waals surface area contributed by atoms with Crippen molar-refractivity contribution in [1.82, 2.24) is 4.90 Å². The van der Waals surface area contributed by atoms with Crippen molar-refractivity contribution >= 4 is 5.69 Å². The molecular weight excluding hydrogens is 212 g/mol. The monoisotopic (exact) mass is 236 g/mol. The maximum absolute atomic E-state index is 6.01. The molecule has 1 aromatic carbocycles. The molecule has 0 bridgehead atoms. The van der Waals surface area contributed by atoms with Gasteiger partial charge in [0.1, 0.15) is 0 Å². The Kier molecular flexibility index (Phi) is 5.45. The molecular formula is C14H24N2O. The number of methoxy groups -OCH3 is 1. The third-order valence-electron chi connectivity index (χ3n) is 2.98. The highest BCUT2D eigenvalue weighted by Gasteiger charge is 2.11. The van der Waals surface area contributed by atoms with E-state index in [0.717, 1.165) is 25.4 Å². The minimum atomic E-state index is 0.491. The van der Waals surface area contributed by atoms with E-state index in [2.05, 4.69) is 31.7 Å². The number of benzene rings is 1. The molecule has 1 rings (SSSR count). The summed E-state index contributed by atoms with van der Waals surface area (Å²) >= 11 is 0. The van der Waals surface area contributed by atoms with Gasteiger partial charge in [-0.05, 0) is 32.4 Å². The quantitative estimate of drug-likeness (QED) is 0.771. The van der Waals surface area contributed by atoms with Crippen molar-refractivity contribution < 1.29 is 4.74 Å². The molecule has 1 aromatic rings. The highest BCUT2D eigenvalue weighted by molar-refractivity contribution is 5.48. The molecule has 0 aromatic heterocycles. The van der Waals surface area contributed by atoms with E-state index >= 15 is 0 Å². The average molecular weight is 236 g/mol. The van der Waals surface area contributed by atoms with Crippen LogP contribution in [0.15, 0.2) is 18.2 Å². The average Bonchev–Trinajstić information content (AvgIpc) is 2.28. The number of nitrogen functional groups attached to an aromatic ring is 1. The summed E-state index contributed by atoms with van der Waals surface area (Å²) in [5, 5.41) is 0. The van der Waals surface area contributed by atoms with Gasteiger partial charge in [0.05, 0.1) is 6.61 Å². The first-order chi connectivity index (χ1) is 8.04. The van der Waals surface area contributed by atoms with Crippen LogP contribution in [0.4, 0.5) is 5.69 Å². The summed E-state index contributed by atoms with van der Waals surface area (Å²) in [5.41, 5.74) is 9.34. The summed E-state index contributed by atoms with van der Waals surface area (Å²) in [6.07, 6.45) is 0.